The van der Waals surface area contributed by atoms with E-state index in [0.717, 1.165) is 29.9 Å². The van der Waals surface area contributed by atoms with Gasteiger partial charge in [-0.25, -0.2) is 12.8 Å². The van der Waals surface area contributed by atoms with Crippen LogP contribution in [0.3, 0.4) is 0 Å². The number of hydrogen-bond donors (Lipinski definition) is 1. The summed E-state index contributed by atoms with van der Waals surface area (Å²) in [7, 11) is -3.69. The molecule has 1 amide bonds. The second-order valence-corrected chi connectivity index (χ2v) is 9.95. The Kier molecular flexibility index (Phi) is 7.69. The van der Waals surface area contributed by atoms with Crippen LogP contribution < -0.4 is 5.32 Å². The minimum absolute atomic E-state index is 0.218. The number of piperidine rings is 1. The zero-order chi connectivity index (χ0) is 20.7. The standard InChI is InChI=1S/C21H25FN2O3S2/c22-17-10-12-18(13-11-17)28-16-6-14-23-21(25)20-9-4-5-15-24(20)29(26,27)19-7-2-1-3-8-19/h1-3,7-8,10-13,20H,4-6,9,14-16H2,(H,23,25). The molecule has 0 bridgehead atoms. The minimum atomic E-state index is -3.69. The fourth-order valence-electron chi connectivity index (χ4n) is 3.30. The van der Waals surface area contributed by atoms with E-state index in [1.807, 2.05) is 0 Å². The van der Waals surface area contributed by atoms with Crippen molar-refractivity contribution in [2.75, 3.05) is 18.8 Å². The second-order valence-electron chi connectivity index (χ2n) is 6.89. The summed E-state index contributed by atoms with van der Waals surface area (Å²) in [5.74, 6) is 0.280. The van der Waals surface area contributed by atoms with Gasteiger partial charge in [0.2, 0.25) is 15.9 Å². The minimum Gasteiger partial charge on any atom is -0.355 e. The first-order valence-electron chi connectivity index (χ1n) is 9.71. The van der Waals surface area contributed by atoms with Gasteiger partial charge in [0.1, 0.15) is 11.9 Å². The summed E-state index contributed by atoms with van der Waals surface area (Å²) in [6, 6.07) is 13.9. The number of benzene rings is 2. The quantitative estimate of drug-likeness (QED) is 0.507. The molecule has 29 heavy (non-hydrogen) atoms. The maximum atomic E-state index is 13.0. The van der Waals surface area contributed by atoms with Crippen molar-refractivity contribution in [1.82, 2.24) is 9.62 Å². The molecular formula is C21H25FN2O3S2. The molecule has 156 valence electrons. The lowest BCUT2D eigenvalue weighted by atomic mass is 10.0. The normalized spacial score (nSPS) is 17.8. The molecule has 1 aliphatic heterocycles. The van der Waals surface area contributed by atoms with Crippen molar-refractivity contribution in [3.05, 3.63) is 60.4 Å². The average molecular weight is 437 g/mol. The number of hydrogen-bond acceptors (Lipinski definition) is 4. The third kappa shape index (κ3) is 5.81. The van der Waals surface area contributed by atoms with Crippen molar-refractivity contribution in [2.24, 2.45) is 0 Å². The molecule has 2 aromatic rings. The fraction of sp³-hybridized carbons (Fsp3) is 0.381. The van der Waals surface area contributed by atoms with Crippen LogP contribution in [0.15, 0.2) is 64.4 Å². The van der Waals surface area contributed by atoms with Crippen LogP contribution in [0.2, 0.25) is 0 Å². The summed E-state index contributed by atoms with van der Waals surface area (Å²) in [5, 5.41) is 2.88. The smallest absolute Gasteiger partial charge is 0.243 e. The number of sulfonamides is 1. The van der Waals surface area contributed by atoms with Crippen LogP contribution in [0.25, 0.3) is 0 Å². The highest BCUT2D eigenvalue weighted by molar-refractivity contribution is 7.99. The zero-order valence-corrected chi connectivity index (χ0v) is 17.7. The van der Waals surface area contributed by atoms with Gasteiger partial charge >= 0.3 is 0 Å². The maximum Gasteiger partial charge on any atom is 0.243 e. The van der Waals surface area contributed by atoms with E-state index in [0.29, 0.717) is 19.5 Å². The third-order valence-electron chi connectivity index (χ3n) is 4.81. The Morgan fingerprint density at radius 2 is 1.83 bits per heavy atom. The lowest BCUT2D eigenvalue weighted by Gasteiger charge is -2.33. The summed E-state index contributed by atoms with van der Waals surface area (Å²) >= 11 is 1.59. The molecular weight excluding hydrogens is 411 g/mol. The van der Waals surface area contributed by atoms with Gasteiger partial charge in [0.05, 0.1) is 4.90 Å². The van der Waals surface area contributed by atoms with Gasteiger partial charge in [-0.05, 0) is 61.4 Å². The molecule has 0 spiro atoms. The van der Waals surface area contributed by atoms with Crippen LogP contribution in [-0.2, 0) is 14.8 Å². The second kappa shape index (κ2) is 10.2. The molecule has 0 saturated carbocycles. The van der Waals surface area contributed by atoms with Crippen LogP contribution in [0.4, 0.5) is 4.39 Å². The maximum absolute atomic E-state index is 13.0. The fourth-order valence-corrected chi connectivity index (χ4v) is 5.84. The molecule has 1 saturated heterocycles. The largest absolute Gasteiger partial charge is 0.355 e. The van der Waals surface area contributed by atoms with E-state index in [1.54, 1.807) is 54.2 Å². The molecule has 0 radical (unpaired) electrons. The predicted octanol–water partition coefficient (Wildman–Crippen LogP) is 3.67. The van der Waals surface area contributed by atoms with E-state index >= 15 is 0 Å². The third-order valence-corrected chi connectivity index (χ3v) is 7.83. The number of carbonyl (C=O) groups excluding carboxylic acids is 1. The number of thioether (sulfide) groups is 1. The van der Waals surface area contributed by atoms with Crippen molar-refractivity contribution in [2.45, 2.75) is 41.5 Å². The lowest BCUT2D eigenvalue weighted by molar-refractivity contribution is -0.125. The highest BCUT2D eigenvalue weighted by Gasteiger charge is 2.37. The number of nitrogens with zero attached hydrogens (tertiary/aromatic N) is 1. The van der Waals surface area contributed by atoms with Gasteiger partial charge in [0.25, 0.3) is 0 Å². The van der Waals surface area contributed by atoms with Crippen LogP contribution >= 0.6 is 11.8 Å². The highest BCUT2D eigenvalue weighted by atomic mass is 32.2. The van der Waals surface area contributed by atoms with Crippen LogP contribution in [0, 0.1) is 5.82 Å². The van der Waals surface area contributed by atoms with Crippen LogP contribution in [-0.4, -0.2) is 43.5 Å². The monoisotopic (exact) mass is 436 g/mol. The average Bonchev–Trinajstić information content (AvgIpc) is 2.75. The predicted molar refractivity (Wildman–Crippen MR) is 113 cm³/mol. The molecule has 1 atom stereocenters. The Morgan fingerprint density at radius 3 is 2.55 bits per heavy atom. The molecule has 8 heteroatoms. The Bertz CT molecular complexity index is 905. The zero-order valence-electron chi connectivity index (χ0n) is 16.1. The van der Waals surface area contributed by atoms with Gasteiger partial charge in [-0.3, -0.25) is 4.79 Å². The molecule has 3 rings (SSSR count). The van der Waals surface area contributed by atoms with Crippen molar-refractivity contribution in [3.63, 3.8) is 0 Å². The molecule has 1 heterocycles. The number of carbonyl (C=O) groups is 1. The van der Waals surface area contributed by atoms with E-state index in [4.69, 9.17) is 0 Å². The molecule has 2 aromatic carbocycles. The first kappa shape index (κ1) is 21.8. The topological polar surface area (TPSA) is 66.5 Å². The van der Waals surface area contributed by atoms with E-state index in [-0.39, 0.29) is 16.6 Å². The Hall–Kier alpha value is -1.90. The summed E-state index contributed by atoms with van der Waals surface area (Å²) in [6.07, 6.45) is 2.86. The highest BCUT2D eigenvalue weighted by Crippen LogP contribution is 2.25. The number of amides is 1. The molecule has 1 N–H and O–H groups in total. The molecule has 5 nitrogen and oxygen atoms in total. The summed E-state index contributed by atoms with van der Waals surface area (Å²) in [4.78, 5) is 13.9. The van der Waals surface area contributed by atoms with Crippen molar-refractivity contribution in [3.8, 4) is 0 Å². The van der Waals surface area contributed by atoms with Crippen molar-refractivity contribution >= 4 is 27.7 Å². The van der Waals surface area contributed by atoms with Gasteiger partial charge in [-0.15, -0.1) is 11.8 Å². The first-order chi connectivity index (χ1) is 14.0. The number of halogens is 1. The van der Waals surface area contributed by atoms with E-state index in [9.17, 15) is 17.6 Å². The first-order valence-corrected chi connectivity index (χ1v) is 12.1. The van der Waals surface area contributed by atoms with Gasteiger partial charge in [-0.2, -0.15) is 4.31 Å². The van der Waals surface area contributed by atoms with Crippen LogP contribution in [0.5, 0.6) is 0 Å². The molecule has 1 aliphatic rings. The molecule has 0 aromatic heterocycles. The Morgan fingerprint density at radius 1 is 1.10 bits per heavy atom. The van der Waals surface area contributed by atoms with Crippen molar-refractivity contribution < 1.29 is 17.6 Å². The van der Waals surface area contributed by atoms with Crippen LogP contribution in [0.1, 0.15) is 25.7 Å². The van der Waals surface area contributed by atoms with Gasteiger partial charge in [0, 0.05) is 18.0 Å². The van der Waals surface area contributed by atoms with E-state index < -0.39 is 16.1 Å². The Labute approximate surface area is 175 Å². The Balaban J connectivity index is 1.52. The van der Waals surface area contributed by atoms with Crippen molar-refractivity contribution in [1.29, 1.82) is 0 Å². The van der Waals surface area contributed by atoms with Gasteiger partial charge in [0.15, 0.2) is 0 Å². The molecule has 0 aliphatic carbocycles. The SMILES string of the molecule is O=C(NCCCSc1ccc(F)cc1)C1CCCCN1S(=O)(=O)c1ccccc1. The van der Waals surface area contributed by atoms with E-state index in [2.05, 4.69) is 5.32 Å². The lowest BCUT2D eigenvalue weighted by Crippen LogP contribution is -2.51. The summed E-state index contributed by atoms with van der Waals surface area (Å²) in [6.45, 7) is 0.832. The molecule has 1 unspecified atom stereocenters. The van der Waals surface area contributed by atoms with Gasteiger partial charge < -0.3 is 5.32 Å². The van der Waals surface area contributed by atoms with Gasteiger partial charge in [-0.1, -0.05) is 24.6 Å². The summed E-state index contributed by atoms with van der Waals surface area (Å²) in [5.41, 5.74) is 0. The number of rotatable bonds is 8. The number of nitrogens with one attached hydrogen (secondary N) is 1. The van der Waals surface area contributed by atoms with E-state index in [1.165, 1.54) is 16.4 Å². The molecule has 1 fully saturated rings. The summed E-state index contributed by atoms with van der Waals surface area (Å²) < 4.78 is 40.2.